The molecule has 0 amide bonds. The molecule has 1 N–H and O–H groups in total. The average Bonchev–Trinajstić information content (AvgIpc) is 0.941. The predicted molar refractivity (Wildman–Crippen MR) is 464 cm³/mol. The molecule has 0 saturated carbocycles. The molecule has 0 aliphatic rings. The van der Waals surface area contributed by atoms with Crippen molar-refractivity contribution in [3.63, 3.8) is 0 Å². The molecule has 0 heterocycles. The first-order valence-electron chi connectivity index (χ1n) is 47.5. The Kier molecular flexibility index (Phi) is 80.0. The zero-order chi connectivity index (χ0) is 84.5. The van der Waals surface area contributed by atoms with Crippen LogP contribution in [0.4, 0.5) is 0 Å². The van der Waals surface area contributed by atoms with Crippen molar-refractivity contribution in [2.24, 2.45) is 0 Å². The van der Waals surface area contributed by atoms with Crippen LogP contribution in [-0.4, -0.2) is 266 Å². The molecule has 0 rings (SSSR count). The van der Waals surface area contributed by atoms with Crippen LogP contribution in [-0.2, 0) is 94.7 Å². The number of ether oxygens (including phenoxy) is 20. The first-order valence-corrected chi connectivity index (χ1v) is 47.5. The second-order valence-corrected chi connectivity index (χ2v) is 31.6. The lowest BCUT2D eigenvalue weighted by Crippen LogP contribution is -2.34. The topological polar surface area (TPSA) is 205 Å². The SMILES string of the molecule is CCCCCCCCCCCCCOCC(CC)OCC(CC)OCC(CC)OCC(CC)OCC(CC)OCC(CC)OCC(CC)OCC(CC)OCC(CC)OCC(CC)OCC(CC)OCC(CC)OCC(CC)OCC(CC)OCC(CC)OCC(CC)OCC(CC)OCC(CC)OCC(CC)OCC(O)CC. The van der Waals surface area contributed by atoms with Crippen LogP contribution in [0.3, 0.4) is 0 Å². The molecule has 0 fully saturated rings. The normalized spacial score (nSPS) is 17.6. The highest BCUT2D eigenvalue weighted by atomic mass is 16.6. The zero-order valence-corrected chi connectivity index (χ0v) is 77.9. The van der Waals surface area contributed by atoms with E-state index in [-0.39, 0.29) is 116 Å². The Bertz CT molecular complexity index is 1940. The maximum atomic E-state index is 9.93. The summed E-state index contributed by atoms with van der Waals surface area (Å²) in [5, 5.41) is 9.93. The van der Waals surface area contributed by atoms with Gasteiger partial charge in [0.1, 0.15) is 0 Å². The van der Waals surface area contributed by atoms with Gasteiger partial charge in [-0.1, -0.05) is 210 Å². The molecule has 21 heteroatoms. The number of rotatable bonds is 91. The second-order valence-electron chi connectivity index (χ2n) is 31.6. The van der Waals surface area contributed by atoms with Crippen molar-refractivity contribution in [1.29, 1.82) is 0 Å². The summed E-state index contributed by atoms with van der Waals surface area (Å²) in [7, 11) is 0. The highest BCUT2D eigenvalue weighted by Crippen LogP contribution is 2.20. The van der Waals surface area contributed by atoms with Gasteiger partial charge in [-0.25, -0.2) is 0 Å². The van der Waals surface area contributed by atoms with Crippen LogP contribution in [0.5, 0.6) is 0 Å². The van der Waals surface area contributed by atoms with E-state index in [0.29, 0.717) is 139 Å². The van der Waals surface area contributed by atoms with Gasteiger partial charge in [0.15, 0.2) is 0 Å². The van der Waals surface area contributed by atoms with Crippen molar-refractivity contribution >= 4 is 0 Å². The third-order valence-corrected chi connectivity index (χ3v) is 22.2. The molecule has 0 saturated heterocycles. The van der Waals surface area contributed by atoms with Gasteiger partial charge >= 0.3 is 0 Å². The fourth-order valence-electron chi connectivity index (χ4n) is 12.2. The van der Waals surface area contributed by atoms with Crippen molar-refractivity contribution in [3.05, 3.63) is 0 Å². The fraction of sp³-hybridized carbons (Fsp3) is 1.00. The lowest BCUT2D eigenvalue weighted by molar-refractivity contribution is -0.131. The van der Waals surface area contributed by atoms with Crippen LogP contribution < -0.4 is 0 Å². The van der Waals surface area contributed by atoms with E-state index in [1.807, 2.05) is 6.92 Å². The van der Waals surface area contributed by atoms with Crippen LogP contribution >= 0.6 is 0 Å². The Labute approximate surface area is 701 Å². The van der Waals surface area contributed by atoms with Gasteiger partial charge in [-0.3, -0.25) is 0 Å². The molecule has 20 atom stereocenters. The first-order chi connectivity index (χ1) is 55.5. The molecule has 0 aliphatic carbocycles. The van der Waals surface area contributed by atoms with Gasteiger partial charge in [-0.05, 0) is 135 Å². The molecular weight excluding hydrogens is 1450 g/mol. The van der Waals surface area contributed by atoms with Crippen LogP contribution in [0.15, 0.2) is 0 Å². The number of hydrogen-bond acceptors (Lipinski definition) is 21. The van der Waals surface area contributed by atoms with E-state index < -0.39 is 6.10 Å². The minimum Gasteiger partial charge on any atom is -0.391 e. The Morgan fingerprint density at radius 1 is 0.140 bits per heavy atom. The van der Waals surface area contributed by atoms with Crippen LogP contribution in [0.2, 0.25) is 0 Å². The van der Waals surface area contributed by atoms with Crippen molar-refractivity contribution in [3.8, 4) is 0 Å². The van der Waals surface area contributed by atoms with E-state index in [9.17, 15) is 5.11 Å². The summed E-state index contributed by atoms with van der Waals surface area (Å²) in [4.78, 5) is 0. The number of aliphatic hydroxyl groups excluding tert-OH is 1. The molecule has 0 aromatic carbocycles. The Morgan fingerprint density at radius 3 is 0.395 bits per heavy atom. The first kappa shape index (κ1) is 113. The third kappa shape index (κ3) is 60.6. The number of hydrogen-bond donors (Lipinski definition) is 1. The Hall–Kier alpha value is -0.840. The average molecular weight is 1640 g/mol. The number of aliphatic hydroxyl groups is 1. The van der Waals surface area contributed by atoms with E-state index in [4.69, 9.17) is 94.7 Å². The lowest BCUT2D eigenvalue weighted by Gasteiger charge is -2.27. The van der Waals surface area contributed by atoms with E-state index in [1.165, 1.54) is 64.2 Å². The summed E-state index contributed by atoms with van der Waals surface area (Å²) in [6.45, 7) is 55.5. The summed E-state index contributed by atoms with van der Waals surface area (Å²) in [6.07, 6.45) is 30.0. The maximum Gasteiger partial charge on any atom is 0.0807 e. The van der Waals surface area contributed by atoms with Crippen LogP contribution in [0, 0.1) is 0 Å². The van der Waals surface area contributed by atoms with Gasteiger partial charge in [-0.2, -0.15) is 0 Å². The third-order valence-electron chi connectivity index (χ3n) is 22.2. The highest BCUT2D eigenvalue weighted by Gasteiger charge is 2.26. The minimum atomic E-state index is -0.448. The summed E-state index contributed by atoms with van der Waals surface area (Å²) < 4.78 is 127. The monoisotopic (exact) mass is 1640 g/mol. The minimum absolute atomic E-state index is 0.0113. The molecule has 20 unspecified atom stereocenters. The van der Waals surface area contributed by atoms with Crippen molar-refractivity contribution in [2.75, 3.05) is 139 Å². The quantitative estimate of drug-likeness (QED) is 0.0562. The summed E-state index contributed by atoms with van der Waals surface area (Å²) in [5.41, 5.74) is 0. The van der Waals surface area contributed by atoms with Gasteiger partial charge in [0, 0.05) is 6.61 Å². The molecule has 0 aromatic heterocycles. The molecule has 114 heavy (non-hydrogen) atoms. The lowest BCUT2D eigenvalue weighted by atomic mass is 10.1. The molecule has 0 radical (unpaired) electrons. The van der Waals surface area contributed by atoms with Crippen molar-refractivity contribution < 1.29 is 99.8 Å². The predicted octanol–water partition coefficient (Wildman–Crippen LogP) is 20.2. The van der Waals surface area contributed by atoms with E-state index in [1.54, 1.807) is 0 Å². The largest absolute Gasteiger partial charge is 0.391 e. The van der Waals surface area contributed by atoms with Crippen LogP contribution in [0.1, 0.15) is 344 Å². The number of unbranched alkanes of at least 4 members (excludes halogenated alkanes) is 10. The van der Waals surface area contributed by atoms with Gasteiger partial charge < -0.3 is 99.8 Å². The van der Waals surface area contributed by atoms with Gasteiger partial charge in [-0.15, -0.1) is 0 Å². The molecule has 21 nitrogen and oxygen atoms in total. The molecule has 0 aliphatic heterocycles. The smallest absolute Gasteiger partial charge is 0.0807 e. The molecule has 0 bridgehead atoms. The highest BCUT2D eigenvalue weighted by molar-refractivity contribution is 4.72. The van der Waals surface area contributed by atoms with E-state index in [2.05, 4.69) is 138 Å². The van der Waals surface area contributed by atoms with Gasteiger partial charge in [0.25, 0.3) is 0 Å². The second kappa shape index (κ2) is 80.6. The summed E-state index contributed by atoms with van der Waals surface area (Å²) >= 11 is 0. The Balaban J connectivity index is 4.85. The molecular formula is C93H188O21. The van der Waals surface area contributed by atoms with Crippen LogP contribution in [0.25, 0.3) is 0 Å². The summed E-state index contributed by atoms with van der Waals surface area (Å²) in [5.74, 6) is 0. The maximum absolute atomic E-state index is 9.93. The van der Waals surface area contributed by atoms with Gasteiger partial charge in [0.2, 0.25) is 0 Å². The molecule has 0 aromatic rings. The van der Waals surface area contributed by atoms with Crippen molar-refractivity contribution in [2.45, 2.75) is 467 Å². The van der Waals surface area contributed by atoms with E-state index in [0.717, 1.165) is 135 Å². The standard InChI is InChI=1S/C93H188O21/c1-22-43-44-45-46-47-48-49-50-51-52-53-95-55-75(24-3)97-57-77(26-5)99-59-79(28-7)101-61-81(30-9)103-63-83(32-11)105-65-85(34-13)107-67-87(36-15)109-69-89(38-17)111-71-91(40-19)113-73-93(42-21)114-72-92(41-20)112-70-90(39-18)110-68-88(37-16)108-66-86(35-14)106-64-84(33-12)104-62-82(31-10)102-60-80(29-8)100-58-78(27-6)98-56-76(25-4)96-54-74(94)23-2/h74-94H,22-73H2,1-21H3. The van der Waals surface area contributed by atoms with Gasteiger partial charge in [0.05, 0.1) is 254 Å². The molecule has 686 valence electrons. The zero-order valence-electron chi connectivity index (χ0n) is 77.9. The fourth-order valence-corrected chi connectivity index (χ4v) is 12.2. The Morgan fingerprint density at radius 2 is 0.263 bits per heavy atom. The summed E-state index contributed by atoms with van der Waals surface area (Å²) in [6, 6.07) is 0. The van der Waals surface area contributed by atoms with E-state index >= 15 is 0 Å². The molecule has 0 spiro atoms. The van der Waals surface area contributed by atoms with Crippen molar-refractivity contribution in [1.82, 2.24) is 0 Å².